The fraction of sp³-hybridized carbons (Fsp3) is 0.222. The molecule has 0 heterocycles. The second kappa shape index (κ2) is 9.58. The largest absolute Gasteiger partial charge is 0.493 e. The van der Waals surface area contributed by atoms with Gasteiger partial charge >= 0.3 is 0 Å². The normalized spacial score (nSPS) is 10.5. The van der Waals surface area contributed by atoms with Gasteiger partial charge in [0.15, 0.2) is 16.6 Å². The smallest absolute Gasteiger partial charge is 0.186 e. The van der Waals surface area contributed by atoms with Crippen LogP contribution in [0, 0.1) is 5.82 Å². The third-order valence-corrected chi connectivity index (χ3v) is 3.48. The first-order valence-electron chi connectivity index (χ1n) is 7.75. The average molecular weight is 361 g/mol. The lowest BCUT2D eigenvalue weighted by atomic mass is 10.2. The summed E-state index contributed by atoms with van der Waals surface area (Å²) in [7, 11) is 1.55. The van der Waals surface area contributed by atoms with E-state index in [1.54, 1.807) is 43.7 Å². The standard InChI is InChI=1S/C18H20FN3O2S/c1-3-20-18(25)22-21-11-13-8-9-16(17(10-13)23-2)24-12-14-6-4-5-7-15(14)19/h4-11H,3,12H2,1-2H3,(H2,20,22,25)/b21-11+. The summed E-state index contributed by atoms with van der Waals surface area (Å²) in [4.78, 5) is 0. The van der Waals surface area contributed by atoms with Crippen molar-refractivity contribution in [2.45, 2.75) is 13.5 Å². The van der Waals surface area contributed by atoms with Crippen molar-refractivity contribution in [2.75, 3.05) is 13.7 Å². The van der Waals surface area contributed by atoms with E-state index < -0.39 is 0 Å². The Balaban J connectivity index is 2.02. The molecule has 2 aromatic rings. The lowest BCUT2D eigenvalue weighted by Gasteiger charge is -2.11. The average Bonchev–Trinajstić information content (AvgIpc) is 2.62. The summed E-state index contributed by atoms with van der Waals surface area (Å²) in [6.07, 6.45) is 1.62. The van der Waals surface area contributed by atoms with Crippen LogP contribution in [0.5, 0.6) is 11.5 Å². The second-order valence-corrected chi connectivity index (χ2v) is 5.43. The summed E-state index contributed by atoms with van der Waals surface area (Å²) in [5.74, 6) is 0.765. The summed E-state index contributed by atoms with van der Waals surface area (Å²) >= 11 is 5.02. The molecule has 7 heteroatoms. The number of nitrogens with one attached hydrogen (secondary N) is 2. The van der Waals surface area contributed by atoms with Gasteiger partial charge in [-0.3, -0.25) is 5.43 Å². The number of hydrogen-bond donors (Lipinski definition) is 2. The van der Waals surface area contributed by atoms with Gasteiger partial charge in [-0.1, -0.05) is 18.2 Å². The molecule has 132 valence electrons. The van der Waals surface area contributed by atoms with Crippen LogP contribution in [0.4, 0.5) is 4.39 Å². The van der Waals surface area contributed by atoms with E-state index >= 15 is 0 Å². The molecule has 0 spiro atoms. The Hall–Kier alpha value is -2.67. The summed E-state index contributed by atoms with van der Waals surface area (Å²) < 4.78 is 24.6. The molecule has 0 aliphatic rings. The van der Waals surface area contributed by atoms with Crippen molar-refractivity contribution in [2.24, 2.45) is 5.10 Å². The third kappa shape index (κ3) is 5.72. The van der Waals surface area contributed by atoms with Gasteiger partial charge in [0.1, 0.15) is 12.4 Å². The number of thiocarbonyl (C=S) groups is 1. The third-order valence-electron chi connectivity index (χ3n) is 3.25. The molecular formula is C18H20FN3O2S. The van der Waals surface area contributed by atoms with Crippen molar-refractivity contribution in [3.8, 4) is 11.5 Å². The number of methoxy groups -OCH3 is 1. The zero-order chi connectivity index (χ0) is 18.1. The molecule has 0 saturated heterocycles. The van der Waals surface area contributed by atoms with Crippen molar-refractivity contribution in [1.82, 2.24) is 10.7 Å². The first-order valence-corrected chi connectivity index (χ1v) is 8.16. The van der Waals surface area contributed by atoms with Crippen LogP contribution >= 0.6 is 12.2 Å². The van der Waals surface area contributed by atoms with E-state index in [0.717, 1.165) is 12.1 Å². The number of hydrogen-bond acceptors (Lipinski definition) is 4. The van der Waals surface area contributed by atoms with Crippen molar-refractivity contribution < 1.29 is 13.9 Å². The van der Waals surface area contributed by atoms with E-state index in [1.807, 2.05) is 13.0 Å². The van der Waals surface area contributed by atoms with Crippen LogP contribution in [0.15, 0.2) is 47.6 Å². The van der Waals surface area contributed by atoms with Gasteiger partial charge in [-0.2, -0.15) is 5.10 Å². The fourth-order valence-corrected chi connectivity index (χ4v) is 2.22. The Morgan fingerprint density at radius 3 is 2.76 bits per heavy atom. The molecule has 2 N–H and O–H groups in total. The number of halogens is 1. The number of hydrazone groups is 1. The molecule has 5 nitrogen and oxygen atoms in total. The van der Waals surface area contributed by atoms with Crippen LogP contribution in [0.3, 0.4) is 0 Å². The lowest BCUT2D eigenvalue weighted by molar-refractivity contribution is 0.279. The monoisotopic (exact) mass is 361 g/mol. The predicted molar refractivity (Wildman–Crippen MR) is 101 cm³/mol. The molecule has 0 amide bonds. The summed E-state index contributed by atoms with van der Waals surface area (Å²) in [6.45, 7) is 2.79. The Labute approximate surface area is 151 Å². The minimum absolute atomic E-state index is 0.120. The Kier molecular flexibility index (Phi) is 7.16. The molecule has 0 atom stereocenters. The minimum atomic E-state index is -0.298. The predicted octanol–water partition coefficient (Wildman–Crippen LogP) is 3.23. The maximum atomic E-state index is 13.6. The molecule has 2 aromatic carbocycles. The van der Waals surface area contributed by atoms with Crippen molar-refractivity contribution in [3.05, 3.63) is 59.4 Å². The highest BCUT2D eigenvalue weighted by Crippen LogP contribution is 2.28. The highest BCUT2D eigenvalue weighted by molar-refractivity contribution is 7.80. The minimum Gasteiger partial charge on any atom is -0.493 e. The van der Waals surface area contributed by atoms with Crippen LogP contribution in [0.25, 0.3) is 0 Å². The molecule has 0 bridgehead atoms. The number of benzene rings is 2. The van der Waals surface area contributed by atoms with Gasteiger partial charge in [-0.05, 0) is 49.0 Å². The zero-order valence-corrected chi connectivity index (χ0v) is 14.9. The quantitative estimate of drug-likeness (QED) is 0.450. The fourth-order valence-electron chi connectivity index (χ4n) is 2.02. The first kappa shape index (κ1) is 18.7. The van der Waals surface area contributed by atoms with Crippen LogP contribution in [0.2, 0.25) is 0 Å². The summed E-state index contributed by atoms with van der Waals surface area (Å²) in [5, 5.41) is 7.43. The number of nitrogens with zero attached hydrogens (tertiary/aromatic N) is 1. The van der Waals surface area contributed by atoms with Gasteiger partial charge in [0, 0.05) is 12.1 Å². The highest BCUT2D eigenvalue weighted by atomic mass is 32.1. The molecule has 0 radical (unpaired) electrons. The zero-order valence-electron chi connectivity index (χ0n) is 14.1. The van der Waals surface area contributed by atoms with E-state index in [0.29, 0.717) is 22.2 Å². The van der Waals surface area contributed by atoms with E-state index in [9.17, 15) is 4.39 Å². The molecule has 25 heavy (non-hydrogen) atoms. The van der Waals surface area contributed by atoms with Crippen LogP contribution in [-0.4, -0.2) is 25.0 Å². The number of ether oxygens (including phenoxy) is 2. The molecule has 0 aliphatic heterocycles. The van der Waals surface area contributed by atoms with Gasteiger partial charge < -0.3 is 14.8 Å². The highest BCUT2D eigenvalue weighted by Gasteiger charge is 2.07. The Morgan fingerprint density at radius 2 is 2.04 bits per heavy atom. The maximum Gasteiger partial charge on any atom is 0.186 e. The Morgan fingerprint density at radius 1 is 1.24 bits per heavy atom. The topological polar surface area (TPSA) is 54.9 Å². The molecule has 0 aromatic heterocycles. The van der Waals surface area contributed by atoms with Crippen molar-refractivity contribution >= 4 is 23.5 Å². The van der Waals surface area contributed by atoms with Gasteiger partial charge in [0.2, 0.25) is 0 Å². The van der Waals surface area contributed by atoms with Crippen LogP contribution < -0.4 is 20.2 Å². The molecule has 0 saturated carbocycles. The SMILES string of the molecule is CCNC(=S)N/N=C/c1ccc(OCc2ccccc2F)c(OC)c1. The van der Waals surface area contributed by atoms with E-state index in [2.05, 4.69) is 15.8 Å². The van der Waals surface area contributed by atoms with E-state index in [4.69, 9.17) is 21.7 Å². The first-order chi connectivity index (χ1) is 12.1. The second-order valence-electron chi connectivity index (χ2n) is 5.02. The van der Waals surface area contributed by atoms with Crippen molar-refractivity contribution in [3.63, 3.8) is 0 Å². The van der Waals surface area contributed by atoms with Gasteiger partial charge in [0.05, 0.1) is 13.3 Å². The van der Waals surface area contributed by atoms with Gasteiger partial charge in [-0.25, -0.2) is 4.39 Å². The molecule has 2 rings (SSSR count). The Bertz CT molecular complexity index is 753. The molecule has 0 unspecified atom stereocenters. The number of rotatable bonds is 7. The van der Waals surface area contributed by atoms with Gasteiger partial charge in [-0.15, -0.1) is 0 Å². The summed E-state index contributed by atoms with van der Waals surface area (Å²) in [6, 6.07) is 11.8. The lowest BCUT2D eigenvalue weighted by Crippen LogP contribution is -2.31. The van der Waals surface area contributed by atoms with Gasteiger partial charge in [0.25, 0.3) is 0 Å². The van der Waals surface area contributed by atoms with E-state index in [-0.39, 0.29) is 12.4 Å². The summed E-state index contributed by atoms with van der Waals surface area (Å²) in [5.41, 5.74) is 4.00. The van der Waals surface area contributed by atoms with Crippen molar-refractivity contribution in [1.29, 1.82) is 0 Å². The van der Waals surface area contributed by atoms with Crippen LogP contribution in [-0.2, 0) is 6.61 Å². The molecular weight excluding hydrogens is 341 g/mol. The molecule has 0 fully saturated rings. The molecule has 0 aliphatic carbocycles. The maximum absolute atomic E-state index is 13.6. The van der Waals surface area contributed by atoms with E-state index in [1.165, 1.54) is 6.07 Å². The van der Waals surface area contributed by atoms with Crippen LogP contribution in [0.1, 0.15) is 18.1 Å².